The molecule has 29 heavy (non-hydrogen) atoms. The molecule has 144 valence electrons. The SMILES string of the molecule is COc1ccc(CN2C(=O)/C(=C/c3cccc(C)c3)c3ccccc3C2=O)cc1. The minimum Gasteiger partial charge on any atom is -0.497 e. The van der Waals surface area contributed by atoms with Crippen LogP contribution in [0.2, 0.25) is 0 Å². The Bertz CT molecular complexity index is 1110. The molecule has 0 saturated carbocycles. The Kier molecular flexibility index (Phi) is 5.00. The first-order chi connectivity index (χ1) is 14.1. The van der Waals surface area contributed by atoms with Gasteiger partial charge in [-0.05, 0) is 47.9 Å². The lowest BCUT2D eigenvalue weighted by Crippen LogP contribution is -2.41. The third-order valence-corrected chi connectivity index (χ3v) is 5.02. The van der Waals surface area contributed by atoms with Crippen LogP contribution in [0, 0.1) is 6.92 Å². The van der Waals surface area contributed by atoms with Crippen molar-refractivity contribution in [2.75, 3.05) is 7.11 Å². The number of benzene rings is 3. The fourth-order valence-electron chi connectivity index (χ4n) is 3.53. The molecule has 0 bridgehead atoms. The second-order valence-electron chi connectivity index (χ2n) is 7.06. The van der Waals surface area contributed by atoms with Crippen molar-refractivity contribution < 1.29 is 14.3 Å². The van der Waals surface area contributed by atoms with Crippen molar-refractivity contribution >= 4 is 23.5 Å². The Labute approximate surface area is 170 Å². The molecule has 3 aromatic carbocycles. The van der Waals surface area contributed by atoms with E-state index in [-0.39, 0.29) is 18.4 Å². The van der Waals surface area contributed by atoms with Gasteiger partial charge in [0.15, 0.2) is 0 Å². The molecule has 0 fully saturated rings. The topological polar surface area (TPSA) is 46.6 Å². The van der Waals surface area contributed by atoms with Crippen LogP contribution >= 0.6 is 0 Å². The molecular formula is C25H21NO3. The molecule has 0 aliphatic carbocycles. The van der Waals surface area contributed by atoms with E-state index < -0.39 is 0 Å². The second-order valence-corrected chi connectivity index (χ2v) is 7.06. The zero-order valence-electron chi connectivity index (χ0n) is 16.4. The third kappa shape index (κ3) is 3.69. The number of amides is 2. The summed E-state index contributed by atoms with van der Waals surface area (Å²) < 4.78 is 5.18. The third-order valence-electron chi connectivity index (χ3n) is 5.02. The molecule has 4 heteroatoms. The van der Waals surface area contributed by atoms with Crippen molar-refractivity contribution in [2.24, 2.45) is 0 Å². The van der Waals surface area contributed by atoms with Crippen molar-refractivity contribution in [3.63, 3.8) is 0 Å². The van der Waals surface area contributed by atoms with E-state index in [4.69, 9.17) is 4.74 Å². The first kappa shape index (κ1) is 18.7. The molecule has 0 N–H and O–H groups in total. The van der Waals surface area contributed by atoms with Crippen molar-refractivity contribution in [1.82, 2.24) is 4.90 Å². The van der Waals surface area contributed by atoms with Gasteiger partial charge in [-0.3, -0.25) is 14.5 Å². The van der Waals surface area contributed by atoms with Crippen LogP contribution in [-0.2, 0) is 11.3 Å². The summed E-state index contributed by atoms with van der Waals surface area (Å²) in [7, 11) is 1.60. The average Bonchev–Trinajstić information content (AvgIpc) is 2.75. The van der Waals surface area contributed by atoms with E-state index in [0.29, 0.717) is 16.7 Å². The van der Waals surface area contributed by atoms with Gasteiger partial charge in [0.2, 0.25) is 0 Å². The molecule has 0 spiro atoms. The van der Waals surface area contributed by atoms with Crippen LogP contribution in [0.4, 0.5) is 0 Å². The van der Waals surface area contributed by atoms with Gasteiger partial charge in [-0.15, -0.1) is 0 Å². The number of nitrogens with zero attached hydrogens (tertiary/aromatic N) is 1. The Hall–Kier alpha value is -3.66. The highest BCUT2D eigenvalue weighted by atomic mass is 16.5. The Morgan fingerprint density at radius 3 is 2.28 bits per heavy atom. The Morgan fingerprint density at radius 2 is 1.59 bits per heavy atom. The molecular weight excluding hydrogens is 362 g/mol. The van der Waals surface area contributed by atoms with E-state index in [1.54, 1.807) is 13.2 Å². The minimum atomic E-state index is -0.286. The minimum absolute atomic E-state index is 0.209. The smallest absolute Gasteiger partial charge is 0.261 e. The molecule has 0 aromatic heterocycles. The molecule has 1 aliphatic heterocycles. The van der Waals surface area contributed by atoms with Crippen LogP contribution in [0.3, 0.4) is 0 Å². The highest BCUT2D eigenvalue weighted by Gasteiger charge is 2.34. The molecule has 2 amide bonds. The number of rotatable bonds is 4. The number of carbonyl (C=O) groups excluding carboxylic acids is 2. The van der Waals surface area contributed by atoms with Gasteiger partial charge in [-0.1, -0.05) is 60.2 Å². The lowest BCUT2D eigenvalue weighted by atomic mass is 9.91. The number of carbonyl (C=O) groups is 2. The molecule has 4 nitrogen and oxygen atoms in total. The zero-order chi connectivity index (χ0) is 20.4. The molecule has 0 saturated heterocycles. The Balaban J connectivity index is 1.76. The molecule has 0 unspecified atom stereocenters. The fourth-order valence-corrected chi connectivity index (χ4v) is 3.53. The number of aryl methyl sites for hydroxylation is 1. The molecule has 3 aromatic rings. The van der Waals surface area contributed by atoms with Crippen molar-refractivity contribution in [1.29, 1.82) is 0 Å². The van der Waals surface area contributed by atoms with E-state index in [2.05, 4.69) is 0 Å². The Morgan fingerprint density at radius 1 is 0.862 bits per heavy atom. The largest absolute Gasteiger partial charge is 0.497 e. The number of hydrogen-bond acceptors (Lipinski definition) is 3. The van der Waals surface area contributed by atoms with Crippen molar-refractivity contribution in [2.45, 2.75) is 13.5 Å². The summed E-state index contributed by atoms with van der Waals surface area (Å²) >= 11 is 0. The van der Waals surface area contributed by atoms with Gasteiger partial charge < -0.3 is 4.74 Å². The van der Waals surface area contributed by atoms with Crippen LogP contribution in [-0.4, -0.2) is 23.8 Å². The van der Waals surface area contributed by atoms with E-state index in [0.717, 1.165) is 22.4 Å². The van der Waals surface area contributed by atoms with Crippen LogP contribution in [0.15, 0.2) is 72.8 Å². The monoisotopic (exact) mass is 383 g/mol. The van der Waals surface area contributed by atoms with Gasteiger partial charge in [-0.2, -0.15) is 0 Å². The summed E-state index contributed by atoms with van der Waals surface area (Å²) in [6, 6.07) is 22.6. The quantitative estimate of drug-likeness (QED) is 0.483. The second kappa shape index (κ2) is 7.76. The maximum atomic E-state index is 13.3. The highest BCUT2D eigenvalue weighted by Crippen LogP contribution is 2.31. The van der Waals surface area contributed by atoms with Gasteiger partial charge in [0.25, 0.3) is 11.8 Å². The first-order valence-corrected chi connectivity index (χ1v) is 9.44. The van der Waals surface area contributed by atoms with Crippen molar-refractivity contribution in [3.8, 4) is 5.75 Å². The van der Waals surface area contributed by atoms with E-state index in [1.165, 1.54) is 4.90 Å². The summed E-state index contributed by atoms with van der Waals surface area (Å²) in [5, 5.41) is 0. The van der Waals surface area contributed by atoms with Gasteiger partial charge in [0, 0.05) is 11.1 Å². The van der Waals surface area contributed by atoms with Crippen LogP contribution in [0.5, 0.6) is 5.75 Å². The summed E-state index contributed by atoms with van der Waals surface area (Å²) in [6.07, 6.45) is 1.86. The lowest BCUT2D eigenvalue weighted by molar-refractivity contribution is -0.123. The lowest BCUT2D eigenvalue weighted by Gasteiger charge is -2.29. The predicted octanol–water partition coefficient (Wildman–Crippen LogP) is 4.73. The van der Waals surface area contributed by atoms with Gasteiger partial charge >= 0.3 is 0 Å². The van der Waals surface area contributed by atoms with Crippen LogP contribution < -0.4 is 4.74 Å². The van der Waals surface area contributed by atoms with Crippen LogP contribution in [0.1, 0.15) is 32.6 Å². The maximum absolute atomic E-state index is 13.3. The fraction of sp³-hybridized carbons (Fsp3) is 0.120. The first-order valence-electron chi connectivity index (χ1n) is 9.44. The zero-order valence-corrected chi connectivity index (χ0v) is 16.4. The van der Waals surface area contributed by atoms with Crippen LogP contribution in [0.25, 0.3) is 11.6 Å². The van der Waals surface area contributed by atoms with E-state index in [9.17, 15) is 9.59 Å². The molecule has 4 rings (SSSR count). The van der Waals surface area contributed by atoms with Crippen molar-refractivity contribution in [3.05, 3.63) is 101 Å². The average molecular weight is 383 g/mol. The predicted molar refractivity (Wildman–Crippen MR) is 113 cm³/mol. The number of hydrogen-bond donors (Lipinski definition) is 0. The molecule has 1 aliphatic rings. The summed E-state index contributed by atoms with van der Waals surface area (Å²) in [6.45, 7) is 2.22. The number of ether oxygens (including phenoxy) is 1. The number of fused-ring (bicyclic) bond motifs is 1. The van der Waals surface area contributed by atoms with E-state index in [1.807, 2.05) is 79.7 Å². The summed E-state index contributed by atoms with van der Waals surface area (Å²) in [4.78, 5) is 27.7. The normalized spacial score (nSPS) is 14.8. The molecule has 1 heterocycles. The van der Waals surface area contributed by atoms with Gasteiger partial charge in [0.05, 0.1) is 13.7 Å². The van der Waals surface area contributed by atoms with E-state index >= 15 is 0 Å². The number of imide groups is 1. The van der Waals surface area contributed by atoms with Gasteiger partial charge in [-0.25, -0.2) is 0 Å². The standard InChI is InChI=1S/C25H21NO3/c1-17-6-5-7-19(14-17)15-23-21-8-3-4-9-22(21)24(27)26(25(23)28)16-18-10-12-20(29-2)13-11-18/h3-15H,16H2,1-2H3/b23-15+. The maximum Gasteiger partial charge on any atom is 0.261 e. The number of methoxy groups -OCH3 is 1. The summed E-state index contributed by atoms with van der Waals surface area (Å²) in [5.41, 5.74) is 4.65. The van der Waals surface area contributed by atoms with Gasteiger partial charge in [0.1, 0.15) is 5.75 Å². The highest BCUT2D eigenvalue weighted by molar-refractivity contribution is 6.33. The summed E-state index contributed by atoms with van der Waals surface area (Å²) in [5.74, 6) is 0.171. The molecule has 0 atom stereocenters. The molecule has 0 radical (unpaired) electrons.